The van der Waals surface area contributed by atoms with E-state index >= 15 is 0 Å². The zero-order chi connectivity index (χ0) is 15.9. The molecule has 0 aromatic rings. The fourth-order valence-corrected chi connectivity index (χ4v) is 5.23. The van der Waals surface area contributed by atoms with E-state index in [1.165, 1.54) is 19.8 Å². The highest BCUT2D eigenvalue weighted by atomic mass is 16.5. The van der Waals surface area contributed by atoms with Crippen LogP contribution < -0.4 is 0 Å². The zero-order valence-electron chi connectivity index (χ0n) is 14.3. The second-order valence-corrected chi connectivity index (χ2v) is 8.20. The van der Waals surface area contributed by atoms with E-state index in [0.29, 0.717) is 17.8 Å². The molecule has 0 aliphatic heterocycles. The van der Waals surface area contributed by atoms with E-state index in [4.69, 9.17) is 4.74 Å². The Morgan fingerprint density at radius 3 is 2.38 bits per heavy atom. The first kappa shape index (κ1) is 16.5. The predicted molar refractivity (Wildman–Crippen MR) is 82.8 cm³/mol. The highest BCUT2D eigenvalue weighted by Crippen LogP contribution is 2.67. The van der Waals surface area contributed by atoms with Crippen LogP contribution in [0.15, 0.2) is 0 Å². The molecule has 2 aliphatic carbocycles. The lowest BCUT2D eigenvalue weighted by Crippen LogP contribution is -2.49. The Labute approximate surface area is 128 Å². The number of ketones is 1. The van der Waals surface area contributed by atoms with Crippen molar-refractivity contribution in [3.8, 4) is 0 Å². The SMILES string of the molecule is CC(=O)OCCC(=O)[C@]1(C)CCC2C(C)(C)CCC[C@@]21C. The van der Waals surface area contributed by atoms with Crippen molar-refractivity contribution < 1.29 is 14.3 Å². The summed E-state index contributed by atoms with van der Waals surface area (Å²) in [6, 6.07) is 0. The van der Waals surface area contributed by atoms with E-state index in [2.05, 4.69) is 27.7 Å². The van der Waals surface area contributed by atoms with Gasteiger partial charge in [0.05, 0.1) is 6.61 Å². The normalized spacial score (nSPS) is 37.9. The summed E-state index contributed by atoms with van der Waals surface area (Å²) in [5, 5.41) is 0. The second kappa shape index (κ2) is 5.40. The Hall–Kier alpha value is -0.860. The van der Waals surface area contributed by atoms with Gasteiger partial charge in [0.2, 0.25) is 0 Å². The van der Waals surface area contributed by atoms with Gasteiger partial charge in [-0.3, -0.25) is 9.59 Å². The van der Waals surface area contributed by atoms with Gasteiger partial charge in [0.25, 0.3) is 0 Å². The summed E-state index contributed by atoms with van der Waals surface area (Å²) in [6.07, 6.45) is 6.13. The van der Waals surface area contributed by atoms with Crippen molar-refractivity contribution in [3.63, 3.8) is 0 Å². The first-order valence-corrected chi connectivity index (χ1v) is 8.30. The Morgan fingerprint density at radius 1 is 1.10 bits per heavy atom. The molecule has 2 aliphatic rings. The average Bonchev–Trinajstić information content (AvgIpc) is 2.63. The highest BCUT2D eigenvalue weighted by molar-refractivity contribution is 5.86. The van der Waals surface area contributed by atoms with Crippen LogP contribution in [0.2, 0.25) is 0 Å². The van der Waals surface area contributed by atoms with Crippen LogP contribution in [0.1, 0.15) is 73.1 Å². The first-order valence-electron chi connectivity index (χ1n) is 8.30. The fraction of sp³-hybridized carbons (Fsp3) is 0.889. The number of esters is 1. The van der Waals surface area contributed by atoms with Gasteiger partial charge in [-0.2, -0.15) is 0 Å². The standard InChI is InChI=1S/C18H30O3/c1-13(19)21-12-8-15(20)18(5)11-7-14-16(2,3)9-6-10-17(14,18)4/h14H,6-12H2,1-5H3/t14?,17-,18-/m0/s1. The molecule has 0 N–H and O–H groups in total. The Balaban J connectivity index is 2.15. The molecule has 0 heterocycles. The molecule has 2 saturated carbocycles. The number of carbonyl (C=O) groups is 2. The van der Waals surface area contributed by atoms with Crippen molar-refractivity contribution in [2.45, 2.75) is 73.1 Å². The number of hydrogen-bond donors (Lipinski definition) is 0. The summed E-state index contributed by atoms with van der Waals surface area (Å²) in [5.74, 6) is 0.607. The zero-order valence-corrected chi connectivity index (χ0v) is 14.3. The summed E-state index contributed by atoms with van der Waals surface area (Å²) < 4.78 is 4.97. The van der Waals surface area contributed by atoms with Crippen LogP contribution in [0.4, 0.5) is 0 Å². The lowest BCUT2D eigenvalue weighted by molar-refractivity contribution is -0.145. The molecular weight excluding hydrogens is 264 g/mol. The minimum absolute atomic E-state index is 0.0993. The van der Waals surface area contributed by atoms with Crippen LogP contribution in [0.3, 0.4) is 0 Å². The molecule has 0 radical (unpaired) electrons. The van der Waals surface area contributed by atoms with Gasteiger partial charge in [-0.25, -0.2) is 0 Å². The van der Waals surface area contributed by atoms with Gasteiger partial charge < -0.3 is 4.74 Å². The summed E-state index contributed by atoms with van der Waals surface area (Å²) in [6.45, 7) is 10.8. The summed E-state index contributed by atoms with van der Waals surface area (Å²) in [4.78, 5) is 23.7. The number of ether oxygens (including phenoxy) is 1. The quantitative estimate of drug-likeness (QED) is 0.732. The molecule has 0 aromatic heterocycles. The molecule has 2 rings (SSSR count). The molecule has 0 bridgehead atoms. The number of hydrogen-bond acceptors (Lipinski definition) is 3. The number of Topliss-reactive ketones (excluding diaryl/α,β-unsaturated/α-hetero) is 1. The second-order valence-electron chi connectivity index (χ2n) is 8.20. The third kappa shape index (κ3) is 2.64. The Morgan fingerprint density at radius 2 is 1.76 bits per heavy atom. The van der Waals surface area contributed by atoms with Gasteiger partial charge in [-0.05, 0) is 42.4 Å². The van der Waals surface area contributed by atoms with Crippen LogP contribution in [-0.4, -0.2) is 18.4 Å². The van der Waals surface area contributed by atoms with E-state index in [1.807, 2.05) is 0 Å². The first-order chi connectivity index (χ1) is 9.63. The fourth-order valence-electron chi connectivity index (χ4n) is 5.23. The molecule has 3 heteroatoms. The summed E-state index contributed by atoms with van der Waals surface area (Å²) in [7, 11) is 0. The van der Waals surface area contributed by atoms with Crippen molar-refractivity contribution in [1.82, 2.24) is 0 Å². The molecule has 0 amide bonds. The van der Waals surface area contributed by atoms with E-state index in [1.54, 1.807) is 0 Å². The Kier molecular flexibility index (Phi) is 4.25. The largest absolute Gasteiger partial charge is 0.465 e. The van der Waals surface area contributed by atoms with Gasteiger partial charge in [-0.15, -0.1) is 0 Å². The molecule has 0 aromatic carbocycles. The predicted octanol–water partition coefficient (Wildman–Crippen LogP) is 4.14. The van der Waals surface area contributed by atoms with E-state index in [9.17, 15) is 9.59 Å². The van der Waals surface area contributed by atoms with Gasteiger partial charge in [0, 0.05) is 18.8 Å². The molecule has 120 valence electrons. The van der Waals surface area contributed by atoms with Crippen LogP contribution in [-0.2, 0) is 14.3 Å². The highest BCUT2D eigenvalue weighted by Gasteiger charge is 2.61. The van der Waals surface area contributed by atoms with Crippen molar-refractivity contribution >= 4 is 11.8 Å². The molecule has 1 unspecified atom stereocenters. The van der Waals surface area contributed by atoms with Crippen LogP contribution in [0, 0.1) is 22.2 Å². The number of fused-ring (bicyclic) bond motifs is 1. The molecule has 3 nitrogen and oxygen atoms in total. The minimum atomic E-state index is -0.303. The van der Waals surface area contributed by atoms with Gasteiger partial charge >= 0.3 is 5.97 Å². The monoisotopic (exact) mass is 294 g/mol. The van der Waals surface area contributed by atoms with Crippen molar-refractivity contribution in [1.29, 1.82) is 0 Å². The molecule has 2 fully saturated rings. The molecule has 3 atom stereocenters. The van der Waals surface area contributed by atoms with Crippen molar-refractivity contribution in [2.24, 2.45) is 22.2 Å². The van der Waals surface area contributed by atoms with E-state index < -0.39 is 0 Å². The third-order valence-electron chi connectivity index (χ3n) is 6.67. The van der Waals surface area contributed by atoms with Crippen LogP contribution >= 0.6 is 0 Å². The lowest BCUT2D eigenvalue weighted by Gasteiger charge is -2.53. The van der Waals surface area contributed by atoms with Gasteiger partial charge in [0.15, 0.2) is 0 Å². The maximum absolute atomic E-state index is 12.8. The minimum Gasteiger partial charge on any atom is -0.465 e. The number of carbonyl (C=O) groups excluding carboxylic acids is 2. The van der Waals surface area contributed by atoms with Crippen LogP contribution in [0.25, 0.3) is 0 Å². The topological polar surface area (TPSA) is 43.4 Å². The summed E-state index contributed by atoms with van der Waals surface area (Å²) >= 11 is 0. The van der Waals surface area contributed by atoms with Gasteiger partial charge in [-0.1, -0.05) is 34.1 Å². The third-order valence-corrected chi connectivity index (χ3v) is 6.67. The molecule has 0 spiro atoms. The maximum Gasteiger partial charge on any atom is 0.302 e. The molecule has 21 heavy (non-hydrogen) atoms. The smallest absolute Gasteiger partial charge is 0.302 e. The lowest BCUT2D eigenvalue weighted by atomic mass is 9.51. The van der Waals surface area contributed by atoms with Crippen molar-refractivity contribution in [3.05, 3.63) is 0 Å². The summed E-state index contributed by atoms with van der Waals surface area (Å²) in [5.41, 5.74) is 0.179. The Bertz CT molecular complexity index is 440. The maximum atomic E-state index is 12.8. The molecule has 0 saturated heterocycles. The van der Waals surface area contributed by atoms with E-state index in [0.717, 1.165) is 19.3 Å². The van der Waals surface area contributed by atoms with E-state index in [-0.39, 0.29) is 29.2 Å². The average molecular weight is 294 g/mol. The van der Waals surface area contributed by atoms with Gasteiger partial charge in [0.1, 0.15) is 5.78 Å². The molecular formula is C18H30O3. The van der Waals surface area contributed by atoms with Crippen LogP contribution in [0.5, 0.6) is 0 Å². The van der Waals surface area contributed by atoms with Crippen molar-refractivity contribution in [2.75, 3.05) is 6.61 Å². The number of rotatable bonds is 4.